The van der Waals surface area contributed by atoms with Gasteiger partial charge >= 0.3 is 0 Å². The average Bonchev–Trinajstić information content (AvgIpc) is 2.84. The summed E-state index contributed by atoms with van der Waals surface area (Å²) in [5.41, 5.74) is 2.26. The van der Waals surface area contributed by atoms with Crippen LogP contribution in [0.15, 0.2) is 53.4 Å². The lowest BCUT2D eigenvalue weighted by molar-refractivity contribution is 0.0951. The molecule has 2 aromatic rings. The largest absolute Gasteiger partial charge is 0.378 e. The number of nitrogens with zero attached hydrogens (tertiary/aromatic N) is 3. The van der Waals surface area contributed by atoms with Crippen LogP contribution in [0, 0.1) is 0 Å². The molecule has 1 saturated heterocycles. The summed E-state index contributed by atoms with van der Waals surface area (Å²) in [4.78, 5) is 17.6. The minimum Gasteiger partial charge on any atom is -0.378 e. The molecule has 0 radical (unpaired) electrons. The molecule has 1 amide bonds. The second-order valence-corrected chi connectivity index (χ2v) is 10.2. The zero-order valence-corrected chi connectivity index (χ0v) is 20.5. The van der Waals surface area contributed by atoms with Crippen LogP contribution in [0.25, 0.3) is 0 Å². The number of benzene rings is 2. The lowest BCUT2D eigenvalue weighted by Gasteiger charge is -2.30. The molecule has 0 saturated carbocycles. The van der Waals surface area contributed by atoms with Crippen molar-refractivity contribution in [1.29, 1.82) is 0 Å². The third kappa shape index (κ3) is 6.25. The number of sulfonamides is 1. The Morgan fingerprint density at radius 2 is 1.79 bits per heavy atom. The molecule has 1 aliphatic rings. The quantitative estimate of drug-likeness (QED) is 0.533. The maximum atomic E-state index is 13.2. The number of morpholine rings is 1. The van der Waals surface area contributed by atoms with E-state index in [1.54, 1.807) is 12.1 Å². The Kier molecular flexibility index (Phi) is 8.71. The molecule has 33 heavy (non-hydrogen) atoms. The van der Waals surface area contributed by atoms with E-state index in [0.717, 1.165) is 35.2 Å². The summed E-state index contributed by atoms with van der Waals surface area (Å²) in [5, 5.41) is 2.99. The van der Waals surface area contributed by atoms with Crippen LogP contribution in [0.5, 0.6) is 0 Å². The summed E-state index contributed by atoms with van der Waals surface area (Å²) in [6, 6.07) is 15.0. The Morgan fingerprint density at radius 3 is 2.42 bits per heavy atom. The van der Waals surface area contributed by atoms with E-state index in [2.05, 4.69) is 34.2 Å². The van der Waals surface area contributed by atoms with E-state index >= 15 is 0 Å². The molecule has 1 heterocycles. The van der Waals surface area contributed by atoms with Gasteiger partial charge in [-0.1, -0.05) is 18.2 Å². The molecule has 0 atom stereocenters. The first kappa shape index (κ1) is 25.0. The summed E-state index contributed by atoms with van der Waals surface area (Å²) in [6.45, 7) is 6.75. The first-order valence-corrected chi connectivity index (χ1v) is 12.8. The van der Waals surface area contributed by atoms with E-state index in [1.807, 2.05) is 18.2 Å². The number of amides is 1. The molecule has 0 aromatic heterocycles. The van der Waals surface area contributed by atoms with Crippen LogP contribution in [0.4, 0.5) is 11.4 Å². The fourth-order valence-electron chi connectivity index (χ4n) is 3.82. The Morgan fingerprint density at radius 1 is 1.09 bits per heavy atom. The number of anilines is 2. The third-order valence-corrected chi connectivity index (χ3v) is 7.55. The van der Waals surface area contributed by atoms with E-state index in [-0.39, 0.29) is 10.8 Å². The van der Waals surface area contributed by atoms with Crippen molar-refractivity contribution >= 4 is 27.3 Å². The van der Waals surface area contributed by atoms with Gasteiger partial charge in [-0.05, 0) is 43.7 Å². The van der Waals surface area contributed by atoms with Crippen LogP contribution in [-0.2, 0) is 14.8 Å². The second kappa shape index (κ2) is 11.5. The van der Waals surface area contributed by atoms with Crippen molar-refractivity contribution in [1.82, 2.24) is 9.62 Å². The molecule has 0 unspecified atom stereocenters. The first-order chi connectivity index (χ1) is 15.8. The van der Waals surface area contributed by atoms with Crippen LogP contribution >= 0.6 is 0 Å². The number of ether oxygens (including phenoxy) is 1. The zero-order valence-electron chi connectivity index (χ0n) is 19.7. The smallest absolute Gasteiger partial charge is 0.253 e. The van der Waals surface area contributed by atoms with E-state index in [0.29, 0.717) is 38.4 Å². The van der Waals surface area contributed by atoms with Crippen LogP contribution in [0.1, 0.15) is 23.7 Å². The number of para-hydroxylation sites is 1. The monoisotopic (exact) mass is 474 g/mol. The maximum Gasteiger partial charge on any atom is 0.253 e. The van der Waals surface area contributed by atoms with Gasteiger partial charge < -0.3 is 19.9 Å². The van der Waals surface area contributed by atoms with Gasteiger partial charge in [0.15, 0.2) is 0 Å². The molecule has 3 rings (SSSR count). The molecule has 0 bridgehead atoms. The van der Waals surface area contributed by atoms with Crippen molar-refractivity contribution in [3.63, 3.8) is 0 Å². The van der Waals surface area contributed by atoms with E-state index in [4.69, 9.17) is 4.74 Å². The van der Waals surface area contributed by atoms with Crippen molar-refractivity contribution in [2.75, 3.05) is 69.8 Å². The van der Waals surface area contributed by atoms with Gasteiger partial charge in [0.2, 0.25) is 10.0 Å². The van der Waals surface area contributed by atoms with Crippen molar-refractivity contribution in [2.24, 2.45) is 0 Å². The van der Waals surface area contributed by atoms with E-state index in [9.17, 15) is 13.2 Å². The summed E-state index contributed by atoms with van der Waals surface area (Å²) >= 11 is 0. The molecule has 180 valence electrons. The number of rotatable bonds is 10. The van der Waals surface area contributed by atoms with Gasteiger partial charge in [-0.15, -0.1) is 0 Å². The third-order valence-electron chi connectivity index (χ3n) is 5.74. The lowest BCUT2D eigenvalue weighted by atomic mass is 10.1. The summed E-state index contributed by atoms with van der Waals surface area (Å²) < 4.78 is 31.9. The van der Waals surface area contributed by atoms with Gasteiger partial charge in [0, 0.05) is 58.2 Å². The molecule has 0 aliphatic carbocycles. The lowest BCUT2D eigenvalue weighted by Crippen LogP contribution is -2.38. The number of carbonyl (C=O) groups excluding carboxylic acids is 1. The standard InChI is InChI=1S/C24H34N4O4S/c1-4-27(20-9-6-5-7-10-20)14-8-13-25-24(29)22-19-21(33(30,31)26(2)3)11-12-23(22)28-15-17-32-18-16-28/h5-7,9-12,19H,4,8,13-18H2,1-3H3,(H,25,29). The highest BCUT2D eigenvalue weighted by Crippen LogP contribution is 2.26. The molecule has 1 aliphatic heterocycles. The van der Waals surface area contributed by atoms with Gasteiger partial charge in [-0.3, -0.25) is 4.79 Å². The summed E-state index contributed by atoms with van der Waals surface area (Å²) in [5.74, 6) is -0.268. The van der Waals surface area contributed by atoms with Crippen LogP contribution in [0.3, 0.4) is 0 Å². The predicted molar refractivity (Wildman–Crippen MR) is 132 cm³/mol. The number of hydrogen-bond acceptors (Lipinski definition) is 6. The Balaban J connectivity index is 1.72. The topological polar surface area (TPSA) is 82.2 Å². The number of carbonyl (C=O) groups is 1. The highest BCUT2D eigenvalue weighted by atomic mass is 32.2. The maximum absolute atomic E-state index is 13.2. The van der Waals surface area contributed by atoms with Gasteiger partial charge in [-0.2, -0.15) is 0 Å². The molecule has 1 fully saturated rings. The average molecular weight is 475 g/mol. The molecular weight excluding hydrogens is 440 g/mol. The zero-order chi connectivity index (χ0) is 23.8. The molecule has 2 aromatic carbocycles. The second-order valence-electron chi connectivity index (χ2n) is 8.09. The van der Waals surface area contributed by atoms with Gasteiger partial charge in [-0.25, -0.2) is 12.7 Å². The summed E-state index contributed by atoms with van der Waals surface area (Å²) in [6.07, 6.45) is 0.775. The van der Waals surface area contributed by atoms with Crippen LogP contribution in [0.2, 0.25) is 0 Å². The molecule has 0 spiro atoms. The van der Waals surface area contributed by atoms with Crippen molar-refractivity contribution in [2.45, 2.75) is 18.2 Å². The normalized spacial score (nSPS) is 14.4. The van der Waals surface area contributed by atoms with Crippen molar-refractivity contribution in [3.05, 3.63) is 54.1 Å². The Labute approximate surface area is 197 Å². The number of hydrogen-bond donors (Lipinski definition) is 1. The molecule has 1 N–H and O–H groups in total. The summed E-state index contributed by atoms with van der Waals surface area (Å²) in [7, 11) is -0.681. The molecular formula is C24H34N4O4S. The fraction of sp³-hybridized carbons (Fsp3) is 0.458. The number of nitrogens with one attached hydrogen (secondary N) is 1. The first-order valence-electron chi connectivity index (χ1n) is 11.3. The van der Waals surface area contributed by atoms with Gasteiger partial charge in [0.05, 0.1) is 23.7 Å². The predicted octanol–water partition coefficient (Wildman–Crippen LogP) is 2.42. The SMILES string of the molecule is CCN(CCCNC(=O)c1cc(S(=O)(=O)N(C)C)ccc1N1CCOCC1)c1ccccc1. The minimum absolute atomic E-state index is 0.107. The Hall–Kier alpha value is -2.62. The molecule has 8 nitrogen and oxygen atoms in total. The van der Waals surface area contributed by atoms with Crippen LogP contribution < -0.4 is 15.1 Å². The van der Waals surface area contributed by atoms with E-state index < -0.39 is 10.0 Å². The highest BCUT2D eigenvalue weighted by Gasteiger charge is 2.24. The van der Waals surface area contributed by atoms with Crippen molar-refractivity contribution in [3.8, 4) is 0 Å². The highest BCUT2D eigenvalue weighted by molar-refractivity contribution is 7.89. The fourth-order valence-corrected chi connectivity index (χ4v) is 4.75. The van der Waals surface area contributed by atoms with Crippen molar-refractivity contribution < 1.29 is 17.9 Å². The Bertz CT molecular complexity index is 1020. The van der Waals surface area contributed by atoms with Gasteiger partial charge in [0.1, 0.15) is 0 Å². The minimum atomic E-state index is -3.65. The van der Waals surface area contributed by atoms with Crippen LogP contribution in [-0.4, -0.2) is 78.7 Å². The van der Waals surface area contributed by atoms with E-state index in [1.165, 1.54) is 20.2 Å². The van der Waals surface area contributed by atoms with Gasteiger partial charge in [0.25, 0.3) is 5.91 Å². The molecule has 9 heteroatoms.